The van der Waals surface area contributed by atoms with Crippen LogP contribution < -0.4 is 5.32 Å². The Kier molecular flexibility index (Phi) is 1.91. The number of hydrogen-bond acceptors (Lipinski definition) is 2. The standard InChI is InChI=1S/C13H13NOS/c1-16(15)12-8-4-2-6-10(12)14-11-7-3-5-9-13(11)16/h2-9,14,16H,1H3. The van der Waals surface area contributed by atoms with Crippen LogP contribution in [-0.4, -0.2) is 10.5 Å². The van der Waals surface area contributed by atoms with E-state index >= 15 is 0 Å². The average molecular weight is 231 g/mol. The van der Waals surface area contributed by atoms with Gasteiger partial charge in [0.1, 0.15) is 0 Å². The summed E-state index contributed by atoms with van der Waals surface area (Å²) in [5.41, 5.74) is 1.93. The Morgan fingerprint density at radius 2 is 1.31 bits per heavy atom. The second kappa shape index (κ2) is 3.19. The first-order chi connectivity index (χ1) is 7.69. The fourth-order valence-electron chi connectivity index (χ4n) is 2.18. The Morgan fingerprint density at radius 1 is 0.875 bits per heavy atom. The first kappa shape index (κ1) is 9.60. The zero-order chi connectivity index (χ0) is 11.2. The van der Waals surface area contributed by atoms with E-state index in [4.69, 9.17) is 0 Å². The molecule has 1 N–H and O–H groups in total. The molecule has 1 aliphatic heterocycles. The summed E-state index contributed by atoms with van der Waals surface area (Å²) in [5.74, 6) is 0. The largest absolute Gasteiger partial charge is 0.354 e. The lowest BCUT2D eigenvalue weighted by Crippen LogP contribution is -2.18. The number of nitrogens with one attached hydrogen (secondary N) is 1. The van der Waals surface area contributed by atoms with Crippen LogP contribution in [0.1, 0.15) is 0 Å². The molecule has 0 saturated carbocycles. The van der Waals surface area contributed by atoms with Crippen molar-refractivity contribution >= 4 is 21.3 Å². The van der Waals surface area contributed by atoms with Gasteiger partial charge in [-0.05, 0) is 30.5 Å². The van der Waals surface area contributed by atoms with Crippen molar-refractivity contribution in [1.29, 1.82) is 0 Å². The molecule has 3 heteroatoms. The maximum absolute atomic E-state index is 12.8. The fourth-order valence-corrected chi connectivity index (χ4v) is 4.36. The fraction of sp³-hybridized carbons (Fsp3) is 0.0769. The van der Waals surface area contributed by atoms with E-state index in [-0.39, 0.29) is 0 Å². The second-order valence-corrected chi connectivity index (χ2v) is 6.90. The molecule has 0 radical (unpaired) electrons. The molecule has 2 aromatic carbocycles. The lowest BCUT2D eigenvalue weighted by Gasteiger charge is -2.30. The van der Waals surface area contributed by atoms with Gasteiger partial charge in [-0.1, -0.05) is 34.2 Å². The molecule has 2 aromatic rings. The van der Waals surface area contributed by atoms with E-state index in [0.717, 1.165) is 21.2 Å². The van der Waals surface area contributed by atoms with Crippen molar-refractivity contribution in [2.45, 2.75) is 9.79 Å². The quantitative estimate of drug-likeness (QED) is 0.683. The molecule has 16 heavy (non-hydrogen) atoms. The molecule has 1 heterocycles. The third kappa shape index (κ3) is 1.21. The van der Waals surface area contributed by atoms with E-state index in [1.165, 1.54) is 0 Å². The highest BCUT2D eigenvalue weighted by Gasteiger charge is 2.25. The summed E-state index contributed by atoms with van der Waals surface area (Å²) in [6.45, 7) is 0. The van der Waals surface area contributed by atoms with Crippen LogP contribution in [0.5, 0.6) is 0 Å². The highest BCUT2D eigenvalue weighted by molar-refractivity contribution is 8.02. The number of fused-ring (bicyclic) bond motifs is 2. The first-order valence-electron chi connectivity index (χ1n) is 5.23. The van der Waals surface area contributed by atoms with Crippen LogP contribution in [0.25, 0.3) is 0 Å². The minimum absolute atomic E-state index is 0.925. The zero-order valence-corrected chi connectivity index (χ0v) is 9.87. The van der Waals surface area contributed by atoms with Gasteiger partial charge in [-0.3, -0.25) is 4.21 Å². The van der Waals surface area contributed by atoms with Gasteiger partial charge in [-0.2, -0.15) is 0 Å². The van der Waals surface area contributed by atoms with Crippen LogP contribution >= 0.6 is 0 Å². The molecule has 0 aromatic heterocycles. The van der Waals surface area contributed by atoms with Crippen molar-refractivity contribution in [3.05, 3.63) is 48.5 Å². The molecule has 0 saturated heterocycles. The van der Waals surface area contributed by atoms with Gasteiger partial charge in [0.2, 0.25) is 0 Å². The van der Waals surface area contributed by atoms with E-state index < -0.39 is 9.93 Å². The third-order valence-electron chi connectivity index (χ3n) is 3.00. The van der Waals surface area contributed by atoms with Crippen LogP contribution in [0, 0.1) is 0 Å². The van der Waals surface area contributed by atoms with Crippen molar-refractivity contribution in [1.82, 2.24) is 0 Å². The monoisotopic (exact) mass is 231 g/mol. The summed E-state index contributed by atoms with van der Waals surface area (Å²) in [6, 6.07) is 15.6. The highest BCUT2D eigenvalue weighted by Crippen LogP contribution is 2.41. The summed E-state index contributed by atoms with van der Waals surface area (Å²) in [7, 11) is -2.43. The maximum Gasteiger partial charge on any atom is 0.0531 e. The Balaban J connectivity index is 2.33. The summed E-state index contributed by atoms with van der Waals surface area (Å²) in [6.07, 6.45) is 1.84. The molecular formula is C13H13NOS. The van der Waals surface area contributed by atoms with Gasteiger partial charge >= 0.3 is 0 Å². The predicted molar refractivity (Wildman–Crippen MR) is 68.2 cm³/mol. The number of benzene rings is 2. The Bertz CT molecular complexity index is 557. The smallest absolute Gasteiger partial charge is 0.0531 e. The van der Waals surface area contributed by atoms with Crippen LogP contribution in [0.2, 0.25) is 0 Å². The maximum atomic E-state index is 12.8. The van der Waals surface area contributed by atoms with Crippen molar-refractivity contribution in [3.63, 3.8) is 0 Å². The van der Waals surface area contributed by atoms with Gasteiger partial charge in [0.15, 0.2) is 0 Å². The Morgan fingerprint density at radius 3 is 1.81 bits per heavy atom. The van der Waals surface area contributed by atoms with E-state index in [0.29, 0.717) is 0 Å². The molecule has 0 bridgehead atoms. The van der Waals surface area contributed by atoms with Gasteiger partial charge in [0.25, 0.3) is 0 Å². The molecule has 0 fully saturated rings. The zero-order valence-electron chi connectivity index (χ0n) is 8.97. The van der Waals surface area contributed by atoms with Crippen molar-refractivity contribution in [2.24, 2.45) is 0 Å². The minimum Gasteiger partial charge on any atom is -0.354 e. The van der Waals surface area contributed by atoms with Crippen molar-refractivity contribution < 1.29 is 4.21 Å². The topological polar surface area (TPSA) is 29.1 Å². The van der Waals surface area contributed by atoms with Gasteiger partial charge in [-0.25, -0.2) is 0 Å². The highest BCUT2D eigenvalue weighted by atomic mass is 32.2. The average Bonchev–Trinajstić information content (AvgIpc) is 2.29. The van der Waals surface area contributed by atoms with E-state index in [1.807, 2.05) is 54.8 Å². The summed E-state index contributed by atoms with van der Waals surface area (Å²) < 4.78 is 12.8. The Labute approximate surface area is 95.7 Å². The minimum atomic E-state index is -2.43. The lowest BCUT2D eigenvalue weighted by molar-refractivity contribution is 0.674. The van der Waals surface area contributed by atoms with E-state index in [9.17, 15) is 4.21 Å². The number of hydrogen-bond donors (Lipinski definition) is 2. The third-order valence-corrected chi connectivity index (χ3v) is 5.62. The Hall–Kier alpha value is -1.61. The summed E-state index contributed by atoms with van der Waals surface area (Å²) in [5, 5.41) is 3.32. The second-order valence-electron chi connectivity index (χ2n) is 4.08. The molecular weight excluding hydrogens is 218 g/mol. The molecule has 0 atom stereocenters. The van der Waals surface area contributed by atoms with Crippen LogP contribution in [0.15, 0.2) is 58.3 Å². The van der Waals surface area contributed by atoms with Gasteiger partial charge < -0.3 is 5.32 Å². The van der Waals surface area contributed by atoms with Crippen LogP contribution in [-0.2, 0) is 9.93 Å². The lowest BCUT2D eigenvalue weighted by atomic mass is 10.2. The van der Waals surface area contributed by atoms with E-state index in [1.54, 1.807) is 0 Å². The number of rotatable bonds is 0. The number of anilines is 2. The summed E-state index contributed by atoms with van der Waals surface area (Å²) >= 11 is 0. The molecule has 3 rings (SSSR count). The van der Waals surface area contributed by atoms with Gasteiger partial charge in [-0.15, -0.1) is 0 Å². The van der Waals surface area contributed by atoms with Gasteiger partial charge in [0, 0.05) is 9.79 Å². The van der Waals surface area contributed by atoms with Crippen molar-refractivity contribution in [2.75, 3.05) is 11.6 Å². The molecule has 0 amide bonds. The molecule has 82 valence electrons. The van der Waals surface area contributed by atoms with Crippen molar-refractivity contribution in [3.8, 4) is 0 Å². The van der Waals surface area contributed by atoms with E-state index in [2.05, 4.69) is 5.32 Å². The molecule has 0 aliphatic carbocycles. The normalized spacial score (nSPS) is 17.8. The summed E-state index contributed by atoms with van der Waals surface area (Å²) in [4.78, 5) is 1.85. The molecule has 2 nitrogen and oxygen atoms in total. The van der Waals surface area contributed by atoms with Crippen LogP contribution in [0.4, 0.5) is 11.4 Å². The van der Waals surface area contributed by atoms with Gasteiger partial charge in [0.05, 0.1) is 11.4 Å². The van der Waals surface area contributed by atoms with Crippen LogP contribution in [0.3, 0.4) is 0 Å². The molecule has 0 unspecified atom stereocenters. The molecule has 1 aliphatic rings. The predicted octanol–water partition coefficient (Wildman–Crippen LogP) is 2.81. The number of thiol groups is 1. The molecule has 0 spiro atoms. The first-order valence-corrected chi connectivity index (χ1v) is 7.39. The number of para-hydroxylation sites is 2. The SMILES string of the molecule is C[SH]1(=O)c2ccccc2Nc2ccccc21.